The van der Waals surface area contributed by atoms with E-state index >= 15 is 0 Å². The number of aromatic nitrogens is 2. The van der Waals surface area contributed by atoms with Crippen LogP contribution in [0.2, 0.25) is 5.02 Å². The van der Waals surface area contributed by atoms with Crippen molar-refractivity contribution in [3.63, 3.8) is 0 Å². The Morgan fingerprint density at radius 2 is 1.68 bits per heavy atom. The molecule has 1 fully saturated rings. The van der Waals surface area contributed by atoms with E-state index in [0.717, 1.165) is 0 Å². The molecule has 31 heavy (non-hydrogen) atoms. The van der Waals surface area contributed by atoms with Crippen LogP contribution in [0.1, 0.15) is 5.56 Å². The second-order valence-electron chi connectivity index (χ2n) is 6.94. The van der Waals surface area contributed by atoms with Crippen molar-refractivity contribution in [3.8, 4) is 11.8 Å². The molecule has 1 aliphatic rings. The normalized spacial score (nSPS) is 13.7. The molecule has 0 aliphatic carbocycles. The molecule has 10 heteroatoms. The Kier molecular flexibility index (Phi) is 5.56. The average molecular weight is 437 g/mol. The van der Waals surface area contributed by atoms with E-state index in [0.29, 0.717) is 48.8 Å². The summed E-state index contributed by atoms with van der Waals surface area (Å²) in [6.45, 7) is 1.91. The van der Waals surface area contributed by atoms with Gasteiger partial charge in [-0.1, -0.05) is 29.8 Å². The van der Waals surface area contributed by atoms with E-state index in [-0.39, 0.29) is 10.7 Å². The quantitative estimate of drug-likeness (QED) is 0.456. The summed E-state index contributed by atoms with van der Waals surface area (Å²) in [6.07, 6.45) is 1.56. The predicted octanol–water partition coefficient (Wildman–Crippen LogP) is 2.99. The maximum Gasteiger partial charge on any atom is 0.292 e. The van der Waals surface area contributed by atoms with Gasteiger partial charge in [-0.15, -0.1) is 0 Å². The molecule has 4 rings (SSSR count). The first kappa shape index (κ1) is 20.4. The molecule has 156 valence electrons. The van der Waals surface area contributed by atoms with Gasteiger partial charge in [-0.3, -0.25) is 14.9 Å². The Labute approximate surface area is 182 Å². The highest BCUT2D eigenvalue weighted by Crippen LogP contribution is 2.31. The van der Waals surface area contributed by atoms with Crippen molar-refractivity contribution in [2.24, 2.45) is 0 Å². The molecule has 0 atom stereocenters. The highest BCUT2D eigenvalue weighted by molar-refractivity contribution is 6.33. The lowest BCUT2D eigenvalue weighted by Gasteiger charge is -2.37. The van der Waals surface area contributed by atoms with Gasteiger partial charge in [-0.25, -0.2) is 0 Å². The fourth-order valence-electron chi connectivity index (χ4n) is 3.59. The Morgan fingerprint density at radius 1 is 1.03 bits per heavy atom. The van der Waals surface area contributed by atoms with Crippen molar-refractivity contribution in [2.75, 3.05) is 36.0 Å². The van der Waals surface area contributed by atoms with Crippen LogP contribution in [0.4, 0.5) is 17.1 Å². The summed E-state index contributed by atoms with van der Waals surface area (Å²) in [7, 11) is 0. The summed E-state index contributed by atoms with van der Waals surface area (Å²) < 4.78 is 1.25. The molecule has 0 saturated carbocycles. The van der Waals surface area contributed by atoms with E-state index in [2.05, 4.69) is 5.10 Å². The molecule has 1 aromatic heterocycles. The van der Waals surface area contributed by atoms with Gasteiger partial charge in [0.25, 0.3) is 11.2 Å². The van der Waals surface area contributed by atoms with Crippen LogP contribution in [0.15, 0.2) is 59.5 Å². The smallest absolute Gasteiger partial charge is 0.292 e. The van der Waals surface area contributed by atoms with Crippen LogP contribution in [0.3, 0.4) is 0 Å². The maximum absolute atomic E-state index is 12.7. The molecule has 0 N–H and O–H groups in total. The molecular weight excluding hydrogens is 420 g/mol. The van der Waals surface area contributed by atoms with Gasteiger partial charge in [0.05, 0.1) is 34.1 Å². The Balaban J connectivity index is 1.56. The lowest BCUT2D eigenvalue weighted by molar-refractivity contribution is -0.384. The van der Waals surface area contributed by atoms with Crippen LogP contribution < -0.4 is 15.4 Å². The second-order valence-corrected chi connectivity index (χ2v) is 7.32. The first-order valence-corrected chi connectivity index (χ1v) is 9.89. The Bertz CT molecular complexity index is 1230. The first-order chi connectivity index (χ1) is 15.0. The van der Waals surface area contributed by atoms with Crippen LogP contribution in [0.25, 0.3) is 5.69 Å². The van der Waals surface area contributed by atoms with E-state index in [4.69, 9.17) is 16.9 Å². The number of hydrogen-bond donors (Lipinski definition) is 0. The molecule has 2 heterocycles. The van der Waals surface area contributed by atoms with Crippen molar-refractivity contribution in [1.82, 2.24) is 9.78 Å². The first-order valence-electron chi connectivity index (χ1n) is 9.51. The van der Waals surface area contributed by atoms with Crippen molar-refractivity contribution < 1.29 is 4.92 Å². The zero-order valence-electron chi connectivity index (χ0n) is 16.3. The number of para-hydroxylation sites is 1. The molecule has 1 saturated heterocycles. The van der Waals surface area contributed by atoms with Crippen molar-refractivity contribution in [1.29, 1.82) is 5.26 Å². The van der Waals surface area contributed by atoms with Crippen molar-refractivity contribution in [2.45, 2.75) is 0 Å². The van der Waals surface area contributed by atoms with E-state index in [9.17, 15) is 14.9 Å². The molecule has 0 radical (unpaired) electrons. The minimum Gasteiger partial charge on any atom is -0.365 e. The minimum absolute atomic E-state index is 0.0439. The largest absolute Gasteiger partial charge is 0.365 e. The fraction of sp³-hybridized carbons (Fsp3) is 0.190. The van der Waals surface area contributed by atoms with Gasteiger partial charge in [0.1, 0.15) is 10.7 Å². The van der Waals surface area contributed by atoms with Gasteiger partial charge in [-0.2, -0.15) is 15.0 Å². The van der Waals surface area contributed by atoms with E-state index < -0.39 is 10.5 Å². The van der Waals surface area contributed by atoms with Crippen molar-refractivity contribution >= 4 is 28.7 Å². The van der Waals surface area contributed by atoms with Gasteiger partial charge in [-0.05, 0) is 24.3 Å². The zero-order valence-corrected chi connectivity index (χ0v) is 17.1. The third kappa shape index (κ3) is 3.93. The number of nitriles is 1. The molecule has 0 spiro atoms. The van der Waals surface area contributed by atoms with Gasteiger partial charge in [0, 0.05) is 32.2 Å². The summed E-state index contributed by atoms with van der Waals surface area (Å²) in [6, 6.07) is 15.3. The molecule has 0 unspecified atom stereocenters. The van der Waals surface area contributed by atoms with E-state index in [1.165, 1.54) is 22.9 Å². The summed E-state index contributed by atoms with van der Waals surface area (Å²) in [5.74, 6) is 0. The lowest BCUT2D eigenvalue weighted by Crippen LogP contribution is -2.47. The van der Waals surface area contributed by atoms with E-state index in [1.807, 2.05) is 34.1 Å². The topological polar surface area (TPSA) is 108 Å². The lowest BCUT2D eigenvalue weighted by atomic mass is 10.1. The molecular formula is C21H17ClN6O3. The second kappa shape index (κ2) is 8.45. The minimum atomic E-state index is -0.452. The number of halogens is 1. The summed E-state index contributed by atoms with van der Waals surface area (Å²) in [5, 5.41) is 24.9. The van der Waals surface area contributed by atoms with Crippen LogP contribution >= 0.6 is 11.6 Å². The SMILES string of the molecule is N#Cc1ccc([N+](=O)[O-])c(N2CCN(c3cnn(-c4ccccc4)c(=O)c3Cl)CC2)c1. The van der Waals surface area contributed by atoms with Gasteiger partial charge < -0.3 is 9.80 Å². The molecule has 9 nitrogen and oxygen atoms in total. The molecule has 1 aliphatic heterocycles. The maximum atomic E-state index is 12.7. The number of piperazine rings is 1. The number of nitrogens with zero attached hydrogens (tertiary/aromatic N) is 6. The average Bonchev–Trinajstić information content (AvgIpc) is 2.81. The van der Waals surface area contributed by atoms with Crippen LogP contribution in [-0.4, -0.2) is 40.9 Å². The number of benzene rings is 2. The van der Waals surface area contributed by atoms with E-state index in [1.54, 1.807) is 18.3 Å². The number of rotatable bonds is 4. The van der Waals surface area contributed by atoms with Crippen LogP contribution in [0.5, 0.6) is 0 Å². The third-order valence-electron chi connectivity index (χ3n) is 5.16. The monoisotopic (exact) mass is 436 g/mol. The van der Waals surface area contributed by atoms with Crippen LogP contribution in [0, 0.1) is 21.4 Å². The number of nitro benzene ring substituents is 1. The van der Waals surface area contributed by atoms with Gasteiger partial charge in [0.2, 0.25) is 0 Å². The molecule has 0 bridgehead atoms. The van der Waals surface area contributed by atoms with Crippen LogP contribution in [-0.2, 0) is 0 Å². The molecule has 3 aromatic rings. The zero-order chi connectivity index (χ0) is 22.0. The van der Waals surface area contributed by atoms with Gasteiger partial charge >= 0.3 is 0 Å². The summed E-state index contributed by atoms with van der Waals surface area (Å²) in [5.41, 5.74) is 1.46. The number of anilines is 2. The molecule has 2 aromatic carbocycles. The number of nitro groups is 1. The summed E-state index contributed by atoms with van der Waals surface area (Å²) in [4.78, 5) is 27.5. The third-order valence-corrected chi connectivity index (χ3v) is 5.52. The highest BCUT2D eigenvalue weighted by Gasteiger charge is 2.26. The summed E-state index contributed by atoms with van der Waals surface area (Å²) >= 11 is 6.39. The number of hydrogen-bond acceptors (Lipinski definition) is 7. The van der Waals surface area contributed by atoms with Gasteiger partial charge in [0.15, 0.2) is 0 Å². The highest BCUT2D eigenvalue weighted by atomic mass is 35.5. The standard InChI is InChI=1S/C21H17ClN6O3/c22-20-19(14-24-27(21(20)29)16-4-2-1-3-5-16)26-10-8-25(9-11-26)18-12-15(13-23)6-7-17(18)28(30)31/h1-7,12,14H,8-11H2. The Morgan fingerprint density at radius 3 is 2.29 bits per heavy atom. The fourth-order valence-corrected chi connectivity index (χ4v) is 3.83. The van der Waals surface area contributed by atoms with Crippen molar-refractivity contribution in [3.05, 3.63) is 85.8 Å². The molecule has 0 amide bonds. The predicted molar refractivity (Wildman–Crippen MR) is 117 cm³/mol. The Hall–Kier alpha value is -3.90.